The summed E-state index contributed by atoms with van der Waals surface area (Å²) in [6.07, 6.45) is 20.8. The van der Waals surface area contributed by atoms with Gasteiger partial charge >= 0.3 is 0 Å². The fourth-order valence-corrected chi connectivity index (χ4v) is 17.6. The van der Waals surface area contributed by atoms with Crippen molar-refractivity contribution in [2.45, 2.75) is 169 Å². The molecule has 10 rings (SSSR count). The van der Waals surface area contributed by atoms with Gasteiger partial charge in [-0.25, -0.2) is 0 Å². The van der Waals surface area contributed by atoms with Gasteiger partial charge in [-0.15, -0.1) is 0 Å². The van der Waals surface area contributed by atoms with Crippen molar-refractivity contribution in [1.29, 1.82) is 0 Å². The number of fused-ring (bicyclic) bond motifs is 10. The minimum absolute atomic E-state index is 0. The molecule has 0 spiro atoms. The van der Waals surface area contributed by atoms with E-state index in [2.05, 4.69) is 35.1 Å². The van der Waals surface area contributed by atoms with Gasteiger partial charge in [0.2, 0.25) is 0 Å². The van der Waals surface area contributed by atoms with Crippen LogP contribution in [-0.2, 0) is 19.1 Å². The Kier molecular flexibility index (Phi) is 19.1. The average Bonchev–Trinajstić information content (AvgIpc) is 3.92. The molecule has 0 radical (unpaired) electrons. The van der Waals surface area contributed by atoms with Gasteiger partial charge in [-0.05, 0) is 224 Å². The Hall–Kier alpha value is -2.30. The molecule has 9 heteroatoms. The summed E-state index contributed by atoms with van der Waals surface area (Å²) in [5.41, 5.74) is 6.43. The maximum absolute atomic E-state index is 13.3. The van der Waals surface area contributed by atoms with Crippen molar-refractivity contribution in [2.24, 2.45) is 81.8 Å². The van der Waals surface area contributed by atoms with Crippen LogP contribution in [0.4, 0.5) is 11.4 Å². The van der Waals surface area contributed by atoms with E-state index < -0.39 is 11.2 Å². The van der Waals surface area contributed by atoms with Gasteiger partial charge in [0.25, 0.3) is 0 Å². The van der Waals surface area contributed by atoms with Crippen molar-refractivity contribution in [3.05, 3.63) is 60.7 Å². The number of nitrogen functional groups attached to an aromatic ring is 1. The van der Waals surface area contributed by atoms with Crippen molar-refractivity contribution < 1.29 is 32.2 Å². The zero-order chi connectivity index (χ0) is 49.4. The van der Waals surface area contributed by atoms with Crippen LogP contribution < -0.4 is 11.1 Å². The predicted molar refractivity (Wildman–Crippen MR) is 289 cm³/mol. The van der Waals surface area contributed by atoms with E-state index in [1.165, 1.54) is 70.6 Å². The van der Waals surface area contributed by atoms with E-state index in [0.717, 1.165) is 97.7 Å². The van der Waals surface area contributed by atoms with E-state index >= 15 is 0 Å². The number of nitrogens with two attached hydrogens (primary N) is 1. The highest BCUT2D eigenvalue weighted by Gasteiger charge is 2.60. The van der Waals surface area contributed by atoms with Crippen molar-refractivity contribution >= 4 is 38.9 Å². The molecule has 0 aliphatic heterocycles. The Morgan fingerprint density at radius 3 is 1.48 bits per heavy atom. The number of para-hydroxylation sites is 2. The van der Waals surface area contributed by atoms with E-state index in [1.807, 2.05) is 74.5 Å². The zero-order valence-electron chi connectivity index (χ0n) is 43.7. The minimum atomic E-state index is -0.607. The fraction of sp³-hybridized carbons (Fsp3) is 0.767. The number of alkyl halides is 1. The maximum atomic E-state index is 13.3. The lowest BCUT2D eigenvalue weighted by atomic mass is 9.49. The number of Topliss-reactive ketones (excluding diaryl/α,β-unsaturated/α-hetero) is 2. The van der Waals surface area contributed by atoms with Crippen molar-refractivity contribution in [1.82, 2.24) is 0 Å². The van der Waals surface area contributed by atoms with Crippen LogP contribution in [-0.4, -0.2) is 71.3 Å². The Morgan fingerprint density at radius 2 is 1.06 bits per heavy atom. The third kappa shape index (κ3) is 12.1. The second-order valence-electron chi connectivity index (χ2n) is 23.6. The van der Waals surface area contributed by atoms with E-state index in [0.29, 0.717) is 67.6 Å². The first-order valence-electron chi connectivity index (χ1n) is 28.1. The summed E-state index contributed by atoms with van der Waals surface area (Å²) in [5, 5.41) is 26.0. The Bertz CT molecular complexity index is 1930. The SMILES string of the molecule is C.C.CCOC[C@@]1(O)CC[C@H]2[C@H](CC[C@@H]3[C@@H]2CC[C@]2(C)[C@@H](C(=O)CBr)CC[C@@H]32)C1.CCOC[C@@]1(O)CC[C@H]2[C@H](CC[C@@H]3[C@@H]2CC[C@]2(C)[C@@H](C(=O)CNc4ccccc4)CC[C@@H]32)C1.Nc1ccccc1.[3H][3H]. The molecule has 0 aromatic heterocycles. The van der Waals surface area contributed by atoms with Gasteiger partial charge in [0.15, 0.2) is 5.78 Å². The van der Waals surface area contributed by atoms with Gasteiger partial charge in [0.05, 0.1) is 36.3 Å². The Balaban J connectivity index is 0.000000222. The molecule has 0 unspecified atom stereocenters. The van der Waals surface area contributed by atoms with Crippen molar-refractivity contribution in [2.75, 3.05) is 49.4 Å². The highest BCUT2D eigenvalue weighted by atomic mass is 79.9. The highest BCUT2D eigenvalue weighted by molar-refractivity contribution is 9.09. The molecule has 2 aromatic rings. The summed E-state index contributed by atoms with van der Waals surface area (Å²) in [6.45, 7) is 11.7. The number of carbonyl (C=O) groups is 2. The van der Waals surface area contributed by atoms with Crippen LogP contribution in [0.1, 0.15) is 161 Å². The minimum Gasteiger partial charge on any atom is -0.399 e. The first-order chi connectivity index (χ1) is 33.2. The fourth-order valence-electron chi connectivity index (χ4n) is 17.2. The number of ketones is 2. The summed E-state index contributed by atoms with van der Waals surface area (Å²) in [6, 6.07) is 19.6. The number of ether oxygens (including phenoxy) is 2. The molecule has 8 nitrogen and oxygen atoms in total. The van der Waals surface area contributed by atoms with Gasteiger partial charge in [0.1, 0.15) is 5.78 Å². The van der Waals surface area contributed by atoms with Crippen LogP contribution in [0, 0.1) is 81.8 Å². The highest BCUT2D eigenvalue weighted by Crippen LogP contribution is 2.66. The summed E-state index contributed by atoms with van der Waals surface area (Å²) < 4.78 is 21.2. The molecule has 0 bridgehead atoms. The molecule has 69 heavy (non-hydrogen) atoms. The average molecular weight is 1030 g/mol. The first-order valence-corrected chi connectivity index (χ1v) is 28.2. The molecule has 2 aromatic carbocycles. The zero-order valence-corrected chi connectivity index (χ0v) is 43.2. The van der Waals surface area contributed by atoms with Gasteiger partial charge in [-0.2, -0.15) is 0 Å². The van der Waals surface area contributed by atoms with Gasteiger partial charge < -0.3 is 30.7 Å². The Morgan fingerprint density at radius 1 is 0.623 bits per heavy atom. The number of halogens is 1. The van der Waals surface area contributed by atoms with Crippen molar-refractivity contribution in [3.8, 4) is 0 Å². The summed E-state index contributed by atoms with van der Waals surface area (Å²) in [5.74, 6) is 8.90. The predicted octanol–water partition coefficient (Wildman–Crippen LogP) is 13.5. The van der Waals surface area contributed by atoms with E-state index in [4.69, 9.17) is 18.2 Å². The van der Waals surface area contributed by atoms with Crippen LogP contribution >= 0.6 is 15.9 Å². The molecule has 0 heterocycles. The largest absolute Gasteiger partial charge is 0.399 e. The quantitative estimate of drug-likeness (QED) is 0.122. The standard InChI is InChI=1S/C29H43NO3.C23H37BrO3.C6H7N.2CH4.H2/c1-3-33-19-29(32)16-14-22-20(17-29)9-10-24-23(22)13-15-28(2)25(24)11-12-26(28)27(31)18-30-21-7-5-4-6-8-21;1-3-27-14-23(26)11-9-16-15(12-23)4-5-18-17(16)8-10-22(2)19(18)6-7-20(22)21(25)13-24;7-6-4-2-1-3-5-6;;;/h4-8,20,22-26,30,32H,3,9-19H2,1-2H3;15-20,26H,3-14H2,1-2H3;1-5H,7H2;2*1H4;1H/t20-,22+,23-,24-,25+,26-,28+,29-;15-,16+,17-,18-,19+,20-,22+,23-;;;;/m11..../s1/i;;;;;1+2T. The number of aliphatic hydroxyl groups is 2. The van der Waals surface area contributed by atoms with Gasteiger partial charge in [-0.3, -0.25) is 9.59 Å². The molecule has 8 aliphatic carbocycles. The number of benzene rings is 2. The molecule has 390 valence electrons. The first kappa shape index (κ1) is 54.5. The maximum Gasteiger partial charge on any atom is 0.155 e. The molecule has 5 N–H and O–H groups in total. The third-order valence-corrected chi connectivity index (χ3v) is 20.9. The van der Waals surface area contributed by atoms with Crippen LogP contribution in [0.5, 0.6) is 0 Å². The normalized spacial score (nSPS) is 40.4. The number of anilines is 2. The second kappa shape index (κ2) is 24.2. The Labute approximate surface area is 430 Å². The number of rotatable bonds is 12. The van der Waals surface area contributed by atoms with E-state index in [-0.39, 0.29) is 37.5 Å². The number of hydrogen-bond donors (Lipinski definition) is 4. The van der Waals surface area contributed by atoms with Crippen molar-refractivity contribution in [3.63, 3.8) is 0 Å². The lowest BCUT2D eigenvalue weighted by Crippen LogP contribution is -2.52. The number of carbonyl (C=O) groups excluding carboxylic acids is 2. The van der Waals surface area contributed by atoms with Crippen LogP contribution in [0.15, 0.2) is 60.7 Å². The molecule has 16 atom stereocenters. The van der Waals surface area contributed by atoms with Crippen LogP contribution in [0.3, 0.4) is 0 Å². The molecule has 0 amide bonds. The monoisotopic (exact) mass is 1020 g/mol. The van der Waals surface area contributed by atoms with Gasteiger partial charge in [0, 0.05) is 39.4 Å². The third-order valence-electron chi connectivity index (χ3n) is 20.3. The molecule has 8 aliphatic rings. The summed E-state index contributed by atoms with van der Waals surface area (Å²) in [7, 11) is 0. The summed E-state index contributed by atoms with van der Waals surface area (Å²) >= 11 is 3.42. The topological polar surface area (TPSA) is 131 Å². The molecular formula is C60H97BrN2O6. The number of nitrogens with one attached hydrogen (secondary N) is 1. The molecule has 8 fully saturated rings. The van der Waals surface area contributed by atoms with E-state index in [1.54, 1.807) is 0 Å². The lowest BCUT2D eigenvalue weighted by Gasteiger charge is -2.57. The molecular weight excluding hydrogens is 925 g/mol. The molecule has 8 saturated carbocycles. The summed E-state index contributed by atoms with van der Waals surface area (Å²) in [4.78, 5) is 25.9. The van der Waals surface area contributed by atoms with Crippen LogP contribution in [0.25, 0.3) is 0 Å². The van der Waals surface area contributed by atoms with Crippen LogP contribution in [0.2, 0.25) is 0 Å². The lowest BCUT2D eigenvalue weighted by molar-refractivity contribution is -0.136. The van der Waals surface area contributed by atoms with Gasteiger partial charge in [-0.1, -0.05) is 81.0 Å². The van der Waals surface area contributed by atoms with E-state index in [9.17, 15) is 19.8 Å². The molecule has 0 saturated heterocycles. The smallest absolute Gasteiger partial charge is 0.155 e. The second-order valence-corrected chi connectivity index (χ2v) is 24.2. The number of hydrogen-bond acceptors (Lipinski definition) is 8.